The molecular weight excluding hydrogens is 186 g/mol. The van der Waals surface area contributed by atoms with Crippen molar-refractivity contribution in [3.63, 3.8) is 0 Å². The lowest BCUT2D eigenvalue weighted by atomic mass is 9.98. The lowest BCUT2D eigenvalue weighted by molar-refractivity contribution is 0.787. The third kappa shape index (κ3) is 2.86. The zero-order chi connectivity index (χ0) is 11.3. The first-order chi connectivity index (χ1) is 7.22. The average Bonchev–Trinajstić information content (AvgIpc) is 2.26. The van der Waals surface area contributed by atoms with Crippen LogP contribution in [0.5, 0.6) is 0 Å². The summed E-state index contributed by atoms with van der Waals surface area (Å²) < 4.78 is 0. The number of benzene rings is 1. The van der Waals surface area contributed by atoms with E-state index in [1.807, 2.05) is 6.07 Å². The molecule has 0 aliphatic heterocycles. The van der Waals surface area contributed by atoms with E-state index in [0.29, 0.717) is 0 Å². The van der Waals surface area contributed by atoms with Gasteiger partial charge in [0, 0.05) is 0 Å². The maximum absolute atomic E-state index is 5.86. The topological polar surface area (TPSA) is 64.1 Å². The van der Waals surface area contributed by atoms with Crippen LogP contribution in [0.15, 0.2) is 12.1 Å². The number of nitrogens with two attached hydrogens (primary N) is 2. The third-order valence-corrected chi connectivity index (χ3v) is 2.71. The van der Waals surface area contributed by atoms with Gasteiger partial charge in [-0.15, -0.1) is 0 Å². The molecule has 84 valence electrons. The number of hydrazine groups is 1. The molecular formula is C12H21N3. The summed E-state index contributed by atoms with van der Waals surface area (Å²) in [5.41, 5.74) is 12.8. The highest BCUT2D eigenvalue weighted by Crippen LogP contribution is 2.24. The molecule has 0 bridgehead atoms. The molecule has 1 aromatic rings. The third-order valence-electron chi connectivity index (χ3n) is 2.71. The Balaban J connectivity index is 2.99. The Labute approximate surface area is 91.8 Å². The minimum atomic E-state index is 0.731. The fourth-order valence-corrected chi connectivity index (χ4v) is 1.76. The highest BCUT2D eigenvalue weighted by molar-refractivity contribution is 5.68. The van der Waals surface area contributed by atoms with E-state index in [9.17, 15) is 0 Å². The predicted octanol–water partition coefficient (Wildman–Crippen LogP) is 2.46. The van der Waals surface area contributed by atoms with Gasteiger partial charge in [0.25, 0.3) is 0 Å². The minimum Gasteiger partial charge on any atom is -0.397 e. The van der Waals surface area contributed by atoms with Gasteiger partial charge in [-0.25, -0.2) is 0 Å². The predicted molar refractivity (Wildman–Crippen MR) is 66.7 cm³/mol. The Morgan fingerprint density at radius 1 is 1.20 bits per heavy atom. The lowest BCUT2D eigenvalue weighted by Gasteiger charge is -2.12. The van der Waals surface area contributed by atoms with Crippen molar-refractivity contribution >= 4 is 11.4 Å². The van der Waals surface area contributed by atoms with Gasteiger partial charge < -0.3 is 11.2 Å². The van der Waals surface area contributed by atoms with Gasteiger partial charge in [-0.1, -0.05) is 20.3 Å². The number of unbranched alkanes of at least 4 members (excludes halogenated alkanes) is 1. The zero-order valence-corrected chi connectivity index (χ0v) is 9.64. The number of aryl methyl sites for hydroxylation is 2. The molecule has 15 heavy (non-hydrogen) atoms. The first kappa shape index (κ1) is 11.9. The molecule has 0 spiro atoms. The van der Waals surface area contributed by atoms with Crippen molar-refractivity contribution in [1.29, 1.82) is 0 Å². The molecule has 3 nitrogen and oxygen atoms in total. The van der Waals surface area contributed by atoms with Crippen LogP contribution in [0.3, 0.4) is 0 Å². The SMILES string of the molecule is CCCCc1cc(NN)c(N)cc1CC. The van der Waals surface area contributed by atoms with Crippen molar-refractivity contribution in [2.45, 2.75) is 39.5 Å². The van der Waals surface area contributed by atoms with Gasteiger partial charge >= 0.3 is 0 Å². The van der Waals surface area contributed by atoms with Crippen LogP contribution < -0.4 is 17.0 Å². The Morgan fingerprint density at radius 2 is 1.93 bits per heavy atom. The second-order valence-corrected chi connectivity index (χ2v) is 3.81. The summed E-state index contributed by atoms with van der Waals surface area (Å²) in [5.74, 6) is 5.41. The van der Waals surface area contributed by atoms with Gasteiger partial charge in [-0.2, -0.15) is 0 Å². The molecule has 0 heterocycles. The van der Waals surface area contributed by atoms with Crippen molar-refractivity contribution in [2.24, 2.45) is 5.84 Å². The van der Waals surface area contributed by atoms with Crippen molar-refractivity contribution in [1.82, 2.24) is 0 Å². The number of nitrogens with one attached hydrogen (secondary N) is 1. The quantitative estimate of drug-likeness (QED) is 0.395. The van der Waals surface area contributed by atoms with E-state index in [4.69, 9.17) is 11.6 Å². The normalized spacial score (nSPS) is 10.3. The van der Waals surface area contributed by atoms with Crippen LogP contribution in [-0.2, 0) is 12.8 Å². The van der Waals surface area contributed by atoms with Gasteiger partial charge in [0.2, 0.25) is 0 Å². The molecule has 1 rings (SSSR count). The highest BCUT2D eigenvalue weighted by atomic mass is 15.2. The summed E-state index contributed by atoms with van der Waals surface area (Å²) in [7, 11) is 0. The Hall–Kier alpha value is -1.22. The molecule has 0 aliphatic rings. The molecule has 0 aliphatic carbocycles. The zero-order valence-electron chi connectivity index (χ0n) is 9.64. The monoisotopic (exact) mass is 207 g/mol. The van der Waals surface area contributed by atoms with Gasteiger partial charge in [-0.05, 0) is 42.5 Å². The summed E-state index contributed by atoms with van der Waals surface area (Å²) in [6, 6.07) is 4.10. The molecule has 0 radical (unpaired) electrons. The highest BCUT2D eigenvalue weighted by Gasteiger charge is 2.05. The standard InChI is InChI=1S/C12H21N3/c1-3-5-6-10-8-12(15-14)11(13)7-9(10)4-2/h7-8,15H,3-6,13-14H2,1-2H3. The number of nitrogen functional groups attached to an aromatic ring is 2. The second kappa shape index (κ2) is 5.61. The summed E-state index contributed by atoms with van der Waals surface area (Å²) in [6.45, 7) is 4.35. The number of hydrogen-bond donors (Lipinski definition) is 3. The van der Waals surface area contributed by atoms with Crippen LogP contribution >= 0.6 is 0 Å². The maximum Gasteiger partial charge on any atom is 0.0718 e. The van der Waals surface area contributed by atoms with Crippen molar-refractivity contribution in [2.75, 3.05) is 11.2 Å². The average molecular weight is 207 g/mol. The van der Waals surface area contributed by atoms with E-state index in [1.165, 1.54) is 24.0 Å². The summed E-state index contributed by atoms with van der Waals surface area (Å²) in [6.07, 6.45) is 4.54. The lowest BCUT2D eigenvalue weighted by Crippen LogP contribution is -2.10. The fraction of sp³-hybridized carbons (Fsp3) is 0.500. The van der Waals surface area contributed by atoms with E-state index >= 15 is 0 Å². The Kier molecular flexibility index (Phi) is 4.43. The van der Waals surface area contributed by atoms with Gasteiger partial charge in [0.05, 0.1) is 11.4 Å². The molecule has 5 N–H and O–H groups in total. The second-order valence-electron chi connectivity index (χ2n) is 3.81. The van der Waals surface area contributed by atoms with E-state index < -0.39 is 0 Å². The number of hydrogen-bond acceptors (Lipinski definition) is 3. The summed E-state index contributed by atoms with van der Waals surface area (Å²) >= 11 is 0. The van der Waals surface area contributed by atoms with Crippen LogP contribution in [-0.4, -0.2) is 0 Å². The van der Waals surface area contributed by atoms with E-state index in [-0.39, 0.29) is 0 Å². The van der Waals surface area contributed by atoms with Gasteiger partial charge in [0.1, 0.15) is 0 Å². The largest absolute Gasteiger partial charge is 0.397 e. The first-order valence-electron chi connectivity index (χ1n) is 5.60. The fourth-order valence-electron chi connectivity index (χ4n) is 1.76. The maximum atomic E-state index is 5.86. The van der Waals surface area contributed by atoms with Crippen molar-refractivity contribution in [3.05, 3.63) is 23.3 Å². The molecule has 0 aromatic heterocycles. The van der Waals surface area contributed by atoms with E-state index in [1.54, 1.807) is 0 Å². The first-order valence-corrected chi connectivity index (χ1v) is 5.60. The molecule has 0 unspecified atom stereocenters. The molecule has 1 aromatic carbocycles. The van der Waals surface area contributed by atoms with Crippen molar-refractivity contribution < 1.29 is 0 Å². The molecule has 0 atom stereocenters. The van der Waals surface area contributed by atoms with E-state index in [2.05, 4.69) is 25.3 Å². The summed E-state index contributed by atoms with van der Waals surface area (Å²) in [4.78, 5) is 0. The minimum absolute atomic E-state index is 0.731. The molecule has 0 saturated heterocycles. The van der Waals surface area contributed by atoms with Crippen LogP contribution in [0, 0.1) is 0 Å². The smallest absolute Gasteiger partial charge is 0.0718 e. The Bertz CT molecular complexity index is 321. The van der Waals surface area contributed by atoms with Gasteiger partial charge in [-0.3, -0.25) is 5.84 Å². The number of anilines is 2. The summed E-state index contributed by atoms with van der Waals surface area (Å²) in [5, 5.41) is 0. The molecule has 0 amide bonds. The van der Waals surface area contributed by atoms with Crippen LogP contribution in [0.2, 0.25) is 0 Å². The molecule has 0 saturated carbocycles. The van der Waals surface area contributed by atoms with E-state index in [0.717, 1.165) is 24.2 Å². The van der Waals surface area contributed by atoms with Crippen LogP contribution in [0.4, 0.5) is 11.4 Å². The van der Waals surface area contributed by atoms with Crippen LogP contribution in [0.1, 0.15) is 37.8 Å². The van der Waals surface area contributed by atoms with Gasteiger partial charge in [0.15, 0.2) is 0 Å². The molecule has 3 heteroatoms. The number of rotatable bonds is 5. The van der Waals surface area contributed by atoms with Crippen molar-refractivity contribution in [3.8, 4) is 0 Å². The Morgan fingerprint density at radius 3 is 2.47 bits per heavy atom. The molecule has 0 fully saturated rings. The van der Waals surface area contributed by atoms with Crippen LogP contribution in [0.25, 0.3) is 0 Å².